The molecule has 0 spiro atoms. The number of alkyl halides is 1. The van der Waals surface area contributed by atoms with Crippen LogP contribution in [-0.2, 0) is 22.7 Å². The van der Waals surface area contributed by atoms with E-state index in [2.05, 4.69) is 16.0 Å². The zero-order valence-electron chi connectivity index (χ0n) is 14.3. The fourth-order valence-corrected chi connectivity index (χ4v) is 3.90. The van der Waals surface area contributed by atoms with E-state index in [-0.39, 0.29) is 24.3 Å². The van der Waals surface area contributed by atoms with Crippen molar-refractivity contribution in [2.24, 2.45) is 0 Å². The largest absolute Gasteiger partial charge is 0.322 e. The number of imide groups is 1. The molecule has 3 amide bonds. The first-order chi connectivity index (χ1) is 12.5. The fraction of sp³-hybridized carbons (Fsp3) is 0.500. The Balaban J connectivity index is 1.50. The topological polar surface area (TPSA) is 90.5 Å². The van der Waals surface area contributed by atoms with E-state index in [1.54, 1.807) is 6.07 Å². The Labute approximate surface area is 150 Å². The van der Waals surface area contributed by atoms with Crippen LogP contribution in [0.15, 0.2) is 18.2 Å². The summed E-state index contributed by atoms with van der Waals surface area (Å²) in [6, 6.07) is 4.61. The van der Waals surface area contributed by atoms with E-state index in [9.17, 15) is 18.8 Å². The molecule has 3 aliphatic heterocycles. The Bertz CT molecular complexity index is 769. The zero-order chi connectivity index (χ0) is 18.3. The van der Waals surface area contributed by atoms with Gasteiger partial charge >= 0.3 is 0 Å². The van der Waals surface area contributed by atoms with E-state index in [4.69, 9.17) is 0 Å². The molecule has 0 saturated carbocycles. The summed E-state index contributed by atoms with van der Waals surface area (Å²) in [6.07, 6.45) is -0.347. The van der Waals surface area contributed by atoms with Crippen molar-refractivity contribution < 1.29 is 18.8 Å². The summed E-state index contributed by atoms with van der Waals surface area (Å²) in [5, 5.41) is 8.52. The minimum absolute atomic E-state index is 0.192. The van der Waals surface area contributed by atoms with E-state index >= 15 is 0 Å². The van der Waals surface area contributed by atoms with Crippen LogP contribution in [0.2, 0.25) is 0 Å². The van der Waals surface area contributed by atoms with Crippen molar-refractivity contribution >= 4 is 17.7 Å². The number of nitrogens with one attached hydrogen (secondary N) is 3. The second-order valence-electron chi connectivity index (χ2n) is 7.00. The molecule has 2 saturated heterocycles. The number of hydrogen-bond donors (Lipinski definition) is 3. The predicted molar refractivity (Wildman–Crippen MR) is 90.9 cm³/mol. The summed E-state index contributed by atoms with van der Waals surface area (Å²) in [5.74, 6) is -0.909. The van der Waals surface area contributed by atoms with Gasteiger partial charge in [0.25, 0.3) is 5.91 Å². The highest BCUT2D eigenvalue weighted by atomic mass is 19.1. The maximum absolute atomic E-state index is 13.7. The van der Waals surface area contributed by atoms with Gasteiger partial charge in [-0.05, 0) is 23.6 Å². The minimum Gasteiger partial charge on any atom is -0.322 e. The molecule has 26 heavy (non-hydrogen) atoms. The third-order valence-electron chi connectivity index (χ3n) is 5.37. The third kappa shape index (κ3) is 2.99. The molecule has 0 aromatic heterocycles. The number of nitrogens with zero attached hydrogens (tertiary/aromatic N) is 1. The van der Waals surface area contributed by atoms with Gasteiger partial charge in [-0.1, -0.05) is 12.1 Å². The van der Waals surface area contributed by atoms with E-state index in [0.29, 0.717) is 38.2 Å². The molecule has 1 aromatic rings. The molecule has 138 valence electrons. The van der Waals surface area contributed by atoms with E-state index in [1.165, 1.54) is 4.90 Å². The van der Waals surface area contributed by atoms with Gasteiger partial charge in [-0.15, -0.1) is 0 Å². The van der Waals surface area contributed by atoms with Gasteiger partial charge in [-0.25, -0.2) is 4.39 Å². The van der Waals surface area contributed by atoms with Crippen LogP contribution in [0.3, 0.4) is 0 Å². The monoisotopic (exact) mass is 360 g/mol. The first-order valence-electron chi connectivity index (χ1n) is 8.88. The standard InChI is InChI=1S/C18H21FN4O3/c19-13-7-20-8-14(13)21-6-10-2-1-3-11-12(10)9-23(18(11)26)15-4-5-16(24)22-17(15)25/h1-3,13-15,20-21H,4-9H2,(H,22,24,25)/t13-,14+,15?/m1/s1. The summed E-state index contributed by atoms with van der Waals surface area (Å²) < 4.78 is 13.7. The number of carbonyl (C=O) groups is 3. The van der Waals surface area contributed by atoms with Crippen LogP contribution in [-0.4, -0.2) is 54.0 Å². The Morgan fingerprint density at radius 3 is 2.81 bits per heavy atom. The number of hydrogen-bond acceptors (Lipinski definition) is 5. The average molecular weight is 360 g/mol. The molecular formula is C18H21FN4O3. The van der Waals surface area contributed by atoms with Crippen LogP contribution in [0, 0.1) is 0 Å². The lowest BCUT2D eigenvalue weighted by Gasteiger charge is -2.29. The summed E-state index contributed by atoms with van der Waals surface area (Å²) >= 11 is 0. The van der Waals surface area contributed by atoms with Crippen molar-refractivity contribution in [2.75, 3.05) is 13.1 Å². The highest BCUT2D eigenvalue weighted by Crippen LogP contribution is 2.29. The fourth-order valence-electron chi connectivity index (χ4n) is 3.90. The number of benzene rings is 1. The molecule has 7 nitrogen and oxygen atoms in total. The second-order valence-corrected chi connectivity index (χ2v) is 7.00. The van der Waals surface area contributed by atoms with Gasteiger partial charge in [-0.3, -0.25) is 19.7 Å². The highest BCUT2D eigenvalue weighted by Gasteiger charge is 2.39. The molecule has 0 radical (unpaired) electrons. The maximum atomic E-state index is 13.7. The zero-order valence-corrected chi connectivity index (χ0v) is 14.3. The number of carbonyl (C=O) groups excluding carboxylic acids is 3. The number of halogens is 1. The van der Waals surface area contributed by atoms with Crippen LogP contribution in [0.5, 0.6) is 0 Å². The molecule has 3 N–H and O–H groups in total. The molecule has 1 unspecified atom stereocenters. The molecule has 4 rings (SSSR count). The van der Waals surface area contributed by atoms with Gasteiger partial charge in [0, 0.05) is 38.2 Å². The summed E-state index contributed by atoms with van der Waals surface area (Å²) in [5.41, 5.74) is 2.39. The lowest BCUT2D eigenvalue weighted by atomic mass is 10.0. The SMILES string of the molecule is O=C1CCC(N2Cc3c(CN[C@H]4CNC[C@H]4F)cccc3C2=O)C(=O)N1. The number of fused-ring (bicyclic) bond motifs is 1. The van der Waals surface area contributed by atoms with Crippen molar-refractivity contribution in [1.82, 2.24) is 20.9 Å². The molecule has 0 bridgehead atoms. The first kappa shape index (κ1) is 17.1. The molecule has 3 heterocycles. The quantitative estimate of drug-likeness (QED) is 0.650. The van der Waals surface area contributed by atoms with Crippen LogP contribution in [0.1, 0.15) is 34.3 Å². The Hall–Kier alpha value is -2.32. The van der Waals surface area contributed by atoms with Crippen molar-refractivity contribution in [1.29, 1.82) is 0 Å². The van der Waals surface area contributed by atoms with Crippen molar-refractivity contribution in [3.8, 4) is 0 Å². The summed E-state index contributed by atoms with van der Waals surface area (Å²) in [7, 11) is 0. The smallest absolute Gasteiger partial charge is 0.255 e. The molecule has 2 fully saturated rings. The molecule has 0 aliphatic carbocycles. The number of rotatable bonds is 4. The number of piperidine rings is 1. The molecule has 3 aliphatic rings. The van der Waals surface area contributed by atoms with Crippen LogP contribution < -0.4 is 16.0 Å². The lowest BCUT2D eigenvalue weighted by Crippen LogP contribution is -2.52. The molecule has 1 aromatic carbocycles. The van der Waals surface area contributed by atoms with Gasteiger partial charge in [0.1, 0.15) is 12.2 Å². The Morgan fingerprint density at radius 2 is 2.08 bits per heavy atom. The third-order valence-corrected chi connectivity index (χ3v) is 5.37. The summed E-state index contributed by atoms with van der Waals surface area (Å²) in [4.78, 5) is 37.8. The Kier molecular flexibility index (Phi) is 4.46. The first-order valence-corrected chi connectivity index (χ1v) is 8.88. The average Bonchev–Trinajstić information content (AvgIpc) is 3.17. The maximum Gasteiger partial charge on any atom is 0.255 e. The summed E-state index contributed by atoms with van der Waals surface area (Å²) in [6.45, 7) is 1.73. The predicted octanol–water partition coefficient (Wildman–Crippen LogP) is -0.153. The van der Waals surface area contributed by atoms with E-state index in [0.717, 1.165) is 11.1 Å². The molecule has 8 heteroatoms. The van der Waals surface area contributed by atoms with E-state index in [1.807, 2.05) is 12.1 Å². The van der Waals surface area contributed by atoms with Crippen LogP contribution in [0.4, 0.5) is 4.39 Å². The molecular weight excluding hydrogens is 339 g/mol. The minimum atomic E-state index is -0.923. The highest BCUT2D eigenvalue weighted by molar-refractivity contribution is 6.05. The van der Waals surface area contributed by atoms with Gasteiger partial charge in [0.15, 0.2) is 0 Å². The van der Waals surface area contributed by atoms with Crippen molar-refractivity contribution in [3.05, 3.63) is 34.9 Å². The van der Waals surface area contributed by atoms with Crippen molar-refractivity contribution in [2.45, 2.75) is 44.2 Å². The molecule has 3 atom stereocenters. The van der Waals surface area contributed by atoms with Crippen LogP contribution >= 0.6 is 0 Å². The van der Waals surface area contributed by atoms with E-state index < -0.39 is 18.1 Å². The van der Waals surface area contributed by atoms with Gasteiger partial charge in [-0.2, -0.15) is 0 Å². The van der Waals surface area contributed by atoms with Crippen LogP contribution in [0.25, 0.3) is 0 Å². The normalized spacial score (nSPS) is 28.4. The van der Waals surface area contributed by atoms with Crippen molar-refractivity contribution in [3.63, 3.8) is 0 Å². The second kappa shape index (κ2) is 6.77. The number of amides is 3. The van der Waals surface area contributed by atoms with Gasteiger partial charge < -0.3 is 15.5 Å². The Morgan fingerprint density at radius 1 is 1.23 bits per heavy atom. The van der Waals surface area contributed by atoms with Gasteiger partial charge in [0.2, 0.25) is 11.8 Å². The van der Waals surface area contributed by atoms with Gasteiger partial charge in [0.05, 0.1) is 6.04 Å². The lowest BCUT2D eigenvalue weighted by molar-refractivity contribution is -0.136.